The molecule has 0 fully saturated rings. The summed E-state index contributed by atoms with van der Waals surface area (Å²) in [6.07, 6.45) is 3.42. The Hall–Kier alpha value is -2.70. The third-order valence-electron chi connectivity index (χ3n) is 3.48. The van der Waals surface area contributed by atoms with E-state index >= 15 is 0 Å². The zero-order chi connectivity index (χ0) is 17.6. The van der Waals surface area contributed by atoms with Crippen LogP contribution in [-0.2, 0) is 0 Å². The van der Waals surface area contributed by atoms with Crippen LogP contribution in [0.3, 0.4) is 0 Å². The molecule has 0 bridgehead atoms. The van der Waals surface area contributed by atoms with Gasteiger partial charge in [-0.3, -0.25) is 4.98 Å². The highest BCUT2D eigenvalue weighted by Crippen LogP contribution is 2.28. The predicted molar refractivity (Wildman–Crippen MR) is 100 cm³/mol. The molecular formula is C18H18ClN5O. The largest absolute Gasteiger partial charge is 0.395 e. The lowest BCUT2D eigenvalue weighted by atomic mass is 10.2. The highest BCUT2D eigenvalue weighted by molar-refractivity contribution is 6.33. The van der Waals surface area contributed by atoms with Gasteiger partial charge in [0.15, 0.2) is 0 Å². The Kier molecular flexibility index (Phi) is 5.42. The summed E-state index contributed by atoms with van der Waals surface area (Å²) < 4.78 is 0. The van der Waals surface area contributed by atoms with Crippen molar-refractivity contribution in [3.63, 3.8) is 0 Å². The molecule has 7 heteroatoms. The maximum atomic E-state index is 9.02. The molecule has 25 heavy (non-hydrogen) atoms. The van der Waals surface area contributed by atoms with Crippen molar-refractivity contribution < 1.29 is 5.11 Å². The van der Waals surface area contributed by atoms with Gasteiger partial charge in [-0.25, -0.2) is 4.98 Å². The van der Waals surface area contributed by atoms with Crippen LogP contribution in [0.1, 0.15) is 5.56 Å². The number of aryl methyl sites for hydroxylation is 1. The molecule has 0 aliphatic heterocycles. The number of anilines is 3. The van der Waals surface area contributed by atoms with Gasteiger partial charge in [0.1, 0.15) is 5.82 Å². The molecule has 0 saturated heterocycles. The van der Waals surface area contributed by atoms with Crippen LogP contribution >= 0.6 is 11.6 Å². The average molecular weight is 356 g/mol. The first-order valence-electron chi connectivity index (χ1n) is 7.83. The molecule has 2 aromatic heterocycles. The smallest absolute Gasteiger partial charge is 0.225 e. The minimum Gasteiger partial charge on any atom is -0.395 e. The summed E-state index contributed by atoms with van der Waals surface area (Å²) in [4.78, 5) is 12.9. The van der Waals surface area contributed by atoms with Gasteiger partial charge in [0.25, 0.3) is 0 Å². The minimum absolute atomic E-state index is 0.00457. The number of benzene rings is 1. The summed E-state index contributed by atoms with van der Waals surface area (Å²) in [6, 6.07) is 11.4. The van der Waals surface area contributed by atoms with Gasteiger partial charge in [-0.15, -0.1) is 0 Å². The molecule has 0 spiro atoms. The fourth-order valence-corrected chi connectivity index (χ4v) is 2.57. The van der Waals surface area contributed by atoms with Crippen molar-refractivity contribution in [1.29, 1.82) is 0 Å². The fourth-order valence-electron chi connectivity index (χ4n) is 2.29. The van der Waals surface area contributed by atoms with Gasteiger partial charge < -0.3 is 15.7 Å². The highest BCUT2D eigenvalue weighted by atomic mass is 35.5. The molecule has 2 heterocycles. The number of halogens is 1. The summed E-state index contributed by atoms with van der Waals surface area (Å²) in [5.41, 5.74) is 3.51. The van der Waals surface area contributed by atoms with Crippen LogP contribution in [0.15, 0.2) is 48.8 Å². The fraction of sp³-hybridized carbons (Fsp3) is 0.167. The first kappa shape index (κ1) is 17.1. The van der Waals surface area contributed by atoms with E-state index in [2.05, 4.69) is 25.6 Å². The Morgan fingerprint density at radius 2 is 1.88 bits per heavy atom. The molecule has 0 aliphatic rings. The Balaban J connectivity index is 1.96. The second-order valence-corrected chi connectivity index (χ2v) is 5.86. The van der Waals surface area contributed by atoms with E-state index in [9.17, 15) is 0 Å². The number of aliphatic hydroxyl groups excluding tert-OH is 1. The number of rotatable bonds is 6. The second-order valence-electron chi connectivity index (χ2n) is 5.46. The van der Waals surface area contributed by atoms with E-state index in [1.165, 1.54) is 0 Å². The number of pyridine rings is 1. The minimum atomic E-state index is -0.00457. The Morgan fingerprint density at radius 3 is 2.60 bits per heavy atom. The monoisotopic (exact) mass is 355 g/mol. The SMILES string of the molecule is Cc1ccc(Nc2cc(-c3ccncc3)nc(NCCO)n2)c(Cl)c1. The number of hydrogen-bond donors (Lipinski definition) is 3. The summed E-state index contributed by atoms with van der Waals surface area (Å²) in [5.74, 6) is 1.03. The standard InChI is InChI=1S/C18H18ClN5O/c1-12-2-3-15(14(19)10-12)22-17-11-16(13-4-6-20-7-5-13)23-18(24-17)21-8-9-25/h2-7,10-11,25H,8-9H2,1H3,(H2,21,22,23,24). The van der Waals surface area contributed by atoms with Gasteiger partial charge in [0.05, 0.1) is 23.0 Å². The molecule has 0 saturated carbocycles. The quantitative estimate of drug-likeness (QED) is 0.626. The average Bonchev–Trinajstić information content (AvgIpc) is 2.63. The zero-order valence-electron chi connectivity index (χ0n) is 13.7. The van der Waals surface area contributed by atoms with Gasteiger partial charge >= 0.3 is 0 Å². The highest BCUT2D eigenvalue weighted by Gasteiger charge is 2.08. The topological polar surface area (TPSA) is 83.0 Å². The molecular weight excluding hydrogens is 338 g/mol. The van der Waals surface area contributed by atoms with E-state index in [-0.39, 0.29) is 6.61 Å². The third-order valence-corrected chi connectivity index (χ3v) is 3.80. The van der Waals surface area contributed by atoms with Crippen LogP contribution in [0.4, 0.5) is 17.5 Å². The second kappa shape index (κ2) is 7.92. The van der Waals surface area contributed by atoms with Crippen molar-refractivity contribution in [1.82, 2.24) is 15.0 Å². The normalized spacial score (nSPS) is 10.5. The maximum absolute atomic E-state index is 9.02. The van der Waals surface area contributed by atoms with Crippen molar-refractivity contribution in [3.8, 4) is 11.3 Å². The van der Waals surface area contributed by atoms with E-state index in [0.717, 1.165) is 22.5 Å². The van der Waals surface area contributed by atoms with Crippen molar-refractivity contribution in [2.24, 2.45) is 0 Å². The molecule has 0 aliphatic carbocycles. The Morgan fingerprint density at radius 1 is 1.08 bits per heavy atom. The van der Waals surface area contributed by atoms with Crippen LogP contribution in [0.25, 0.3) is 11.3 Å². The molecule has 0 atom stereocenters. The summed E-state index contributed by atoms with van der Waals surface area (Å²) in [7, 11) is 0. The molecule has 3 aromatic rings. The predicted octanol–water partition coefficient (Wildman–Crippen LogP) is 3.65. The Bertz CT molecular complexity index is 857. The van der Waals surface area contributed by atoms with E-state index < -0.39 is 0 Å². The number of aromatic nitrogens is 3. The lowest BCUT2D eigenvalue weighted by Gasteiger charge is -2.12. The summed E-state index contributed by atoms with van der Waals surface area (Å²) in [5, 5.41) is 15.9. The van der Waals surface area contributed by atoms with Gasteiger partial charge in [0, 0.05) is 30.6 Å². The van der Waals surface area contributed by atoms with Crippen LogP contribution in [-0.4, -0.2) is 33.2 Å². The summed E-state index contributed by atoms with van der Waals surface area (Å²) >= 11 is 6.30. The van der Waals surface area contributed by atoms with E-state index in [4.69, 9.17) is 16.7 Å². The molecule has 0 unspecified atom stereocenters. The zero-order valence-corrected chi connectivity index (χ0v) is 14.5. The molecule has 128 valence electrons. The van der Waals surface area contributed by atoms with E-state index in [1.807, 2.05) is 43.3 Å². The molecule has 3 N–H and O–H groups in total. The molecule has 0 radical (unpaired) electrons. The summed E-state index contributed by atoms with van der Waals surface area (Å²) in [6.45, 7) is 2.35. The van der Waals surface area contributed by atoms with Gasteiger partial charge in [-0.2, -0.15) is 4.98 Å². The van der Waals surface area contributed by atoms with Gasteiger partial charge in [-0.1, -0.05) is 17.7 Å². The van der Waals surface area contributed by atoms with Crippen LogP contribution in [0, 0.1) is 6.92 Å². The van der Waals surface area contributed by atoms with Gasteiger partial charge in [0.2, 0.25) is 5.95 Å². The molecule has 1 aromatic carbocycles. The molecule has 6 nitrogen and oxygen atoms in total. The maximum Gasteiger partial charge on any atom is 0.225 e. The molecule has 3 rings (SSSR count). The lowest BCUT2D eigenvalue weighted by Crippen LogP contribution is -2.10. The van der Waals surface area contributed by atoms with E-state index in [0.29, 0.717) is 23.3 Å². The Labute approximate surface area is 150 Å². The first-order chi connectivity index (χ1) is 12.2. The number of aliphatic hydroxyl groups is 1. The number of hydrogen-bond acceptors (Lipinski definition) is 6. The van der Waals surface area contributed by atoms with Crippen molar-refractivity contribution in [3.05, 3.63) is 59.4 Å². The van der Waals surface area contributed by atoms with Crippen molar-refractivity contribution >= 4 is 29.1 Å². The molecule has 0 amide bonds. The van der Waals surface area contributed by atoms with Gasteiger partial charge in [-0.05, 0) is 36.8 Å². The van der Waals surface area contributed by atoms with Crippen LogP contribution < -0.4 is 10.6 Å². The lowest BCUT2D eigenvalue weighted by molar-refractivity contribution is 0.311. The van der Waals surface area contributed by atoms with Crippen molar-refractivity contribution in [2.75, 3.05) is 23.8 Å². The van der Waals surface area contributed by atoms with Crippen molar-refractivity contribution in [2.45, 2.75) is 6.92 Å². The first-order valence-corrected chi connectivity index (χ1v) is 8.21. The number of nitrogens with zero attached hydrogens (tertiary/aromatic N) is 3. The van der Waals surface area contributed by atoms with E-state index in [1.54, 1.807) is 12.4 Å². The van der Waals surface area contributed by atoms with Crippen LogP contribution in [0.5, 0.6) is 0 Å². The third kappa shape index (κ3) is 4.43. The van der Waals surface area contributed by atoms with Crippen LogP contribution in [0.2, 0.25) is 5.02 Å². The number of nitrogens with one attached hydrogen (secondary N) is 2.